The number of amides is 1. The molecular weight excluding hydrogens is 228 g/mol. The Kier molecular flexibility index (Phi) is 4.15. The highest BCUT2D eigenvalue weighted by Crippen LogP contribution is 2.20. The Morgan fingerprint density at radius 2 is 2.31 bits per heavy atom. The van der Waals surface area contributed by atoms with Crippen molar-refractivity contribution in [3.63, 3.8) is 0 Å². The van der Waals surface area contributed by atoms with Crippen molar-refractivity contribution in [2.75, 3.05) is 6.61 Å². The number of nitrogens with one attached hydrogen (secondary N) is 1. The van der Waals surface area contributed by atoms with Crippen LogP contribution in [0, 0.1) is 11.3 Å². The predicted octanol–water partition coefficient (Wildman–Crippen LogP) is 2.15. The smallest absolute Gasteiger partial charge is 0.407 e. The topological polar surface area (TPSA) is 62.1 Å². The van der Waals surface area contributed by atoms with Crippen molar-refractivity contribution in [2.24, 2.45) is 0 Å². The van der Waals surface area contributed by atoms with Crippen LogP contribution in [0.1, 0.15) is 23.6 Å². The maximum absolute atomic E-state index is 11.0. The summed E-state index contributed by atoms with van der Waals surface area (Å²) in [6.07, 6.45) is 0.342. The van der Waals surface area contributed by atoms with Crippen molar-refractivity contribution in [1.82, 2.24) is 5.32 Å². The molecule has 1 fully saturated rings. The fraction of sp³-hybridized carbons (Fsp3) is 0.273. The van der Waals surface area contributed by atoms with Crippen LogP contribution < -0.4 is 5.32 Å². The molecule has 1 aromatic carbocycles. The summed E-state index contributed by atoms with van der Waals surface area (Å²) >= 11 is 0. The van der Waals surface area contributed by atoms with Gasteiger partial charge in [-0.25, -0.2) is 4.79 Å². The summed E-state index contributed by atoms with van der Waals surface area (Å²) in [5.74, 6) is 0. The van der Waals surface area contributed by atoms with E-state index >= 15 is 0 Å². The zero-order valence-electron chi connectivity index (χ0n) is 8.47. The zero-order chi connectivity index (χ0) is 10.7. The Bertz CT molecular complexity index is 428. The highest BCUT2D eigenvalue weighted by atomic mass is 35.5. The summed E-state index contributed by atoms with van der Waals surface area (Å²) in [6, 6.07) is 9.28. The van der Waals surface area contributed by atoms with Gasteiger partial charge in [-0.1, -0.05) is 12.1 Å². The molecule has 0 aliphatic carbocycles. The van der Waals surface area contributed by atoms with Gasteiger partial charge in [-0.2, -0.15) is 5.26 Å². The number of carbonyl (C=O) groups excluding carboxylic acids is 1. The van der Waals surface area contributed by atoms with Crippen molar-refractivity contribution in [1.29, 1.82) is 5.26 Å². The number of nitrogens with zero attached hydrogens (tertiary/aromatic N) is 1. The summed E-state index contributed by atoms with van der Waals surface area (Å²) in [4.78, 5) is 11.0. The fourth-order valence-corrected chi connectivity index (χ4v) is 1.60. The van der Waals surface area contributed by atoms with Gasteiger partial charge in [0.15, 0.2) is 0 Å². The maximum atomic E-state index is 11.0. The lowest BCUT2D eigenvalue weighted by Gasteiger charge is -2.23. The summed E-state index contributed by atoms with van der Waals surface area (Å²) in [6.45, 7) is 0.424. The number of carbonyl (C=O) groups is 1. The lowest BCUT2D eigenvalue weighted by atomic mass is 10.0. The number of ether oxygens (including phenoxy) is 1. The number of rotatable bonds is 1. The molecule has 0 saturated carbocycles. The predicted molar refractivity (Wildman–Crippen MR) is 60.2 cm³/mol. The Morgan fingerprint density at radius 3 is 3.00 bits per heavy atom. The van der Waals surface area contributed by atoms with E-state index in [1.54, 1.807) is 12.1 Å². The average molecular weight is 239 g/mol. The van der Waals surface area contributed by atoms with Crippen LogP contribution in [0.25, 0.3) is 0 Å². The summed E-state index contributed by atoms with van der Waals surface area (Å²) in [5, 5.41) is 11.5. The number of benzene rings is 1. The largest absolute Gasteiger partial charge is 0.449 e. The van der Waals surface area contributed by atoms with E-state index in [9.17, 15) is 4.79 Å². The Hall–Kier alpha value is -1.73. The number of hydrogen-bond acceptors (Lipinski definition) is 3. The first kappa shape index (κ1) is 12.3. The van der Waals surface area contributed by atoms with Gasteiger partial charge < -0.3 is 10.1 Å². The molecule has 0 aromatic heterocycles. The molecule has 16 heavy (non-hydrogen) atoms. The van der Waals surface area contributed by atoms with E-state index in [2.05, 4.69) is 11.4 Å². The average Bonchev–Trinajstić information content (AvgIpc) is 2.29. The van der Waals surface area contributed by atoms with Crippen LogP contribution in [0.5, 0.6) is 0 Å². The van der Waals surface area contributed by atoms with E-state index in [1.807, 2.05) is 12.1 Å². The number of cyclic esters (lactones) is 1. The summed E-state index contributed by atoms with van der Waals surface area (Å²) in [7, 11) is 0. The van der Waals surface area contributed by atoms with Gasteiger partial charge in [0.05, 0.1) is 24.3 Å². The van der Waals surface area contributed by atoms with E-state index in [1.165, 1.54) is 0 Å². The molecule has 0 bridgehead atoms. The Balaban J connectivity index is 0.00000128. The van der Waals surface area contributed by atoms with Crippen molar-refractivity contribution in [3.05, 3.63) is 35.4 Å². The van der Waals surface area contributed by atoms with Crippen LogP contribution in [0.3, 0.4) is 0 Å². The second-order valence-electron chi connectivity index (χ2n) is 3.36. The molecule has 5 heteroatoms. The molecule has 1 saturated heterocycles. The standard InChI is InChI=1S/C11H10N2O2.ClH/c12-7-8-2-1-3-9(6-8)10-4-5-15-11(14)13-10;/h1-3,6,10H,4-5H2,(H,13,14);1H/t10-;/m0./s1. The molecule has 0 unspecified atom stereocenters. The summed E-state index contributed by atoms with van der Waals surface area (Å²) in [5.41, 5.74) is 1.55. The third-order valence-electron chi connectivity index (χ3n) is 2.35. The first-order valence-electron chi connectivity index (χ1n) is 4.73. The van der Waals surface area contributed by atoms with Gasteiger partial charge >= 0.3 is 6.09 Å². The minimum Gasteiger partial charge on any atom is -0.449 e. The van der Waals surface area contributed by atoms with Gasteiger partial charge in [-0.15, -0.1) is 12.4 Å². The SMILES string of the molecule is Cl.N#Cc1cccc([C@@H]2CCOC(=O)N2)c1. The third-order valence-corrected chi connectivity index (χ3v) is 2.35. The fourth-order valence-electron chi connectivity index (χ4n) is 1.60. The van der Waals surface area contributed by atoms with Crippen molar-refractivity contribution >= 4 is 18.5 Å². The van der Waals surface area contributed by atoms with Gasteiger partial charge in [0.1, 0.15) is 0 Å². The minimum absolute atomic E-state index is 0. The van der Waals surface area contributed by atoms with E-state index < -0.39 is 6.09 Å². The first-order chi connectivity index (χ1) is 7.29. The van der Waals surface area contributed by atoms with Crippen molar-refractivity contribution < 1.29 is 9.53 Å². The second-order valence-corrected chi connectivity index (χ2v) is 3.36. The van der Waals surface area contributed by atoms with Crippen molar-refractivity contribution in [2.45, 2.75) is 12.5 Å². The van der Waals surface area contributed by atoms with Crippen LogP contribution in [0.4, 0.5) is 4.79 Å². The second kappa shape index (κ2) is 5.38. The molecule has 1 N–H and O–H groups in total. The third kappa shape index (κ3) is 2.65. The highest BCUT2D eigenvalue weighted by Gasteiger charge is 2.20. The normalized spacial score (nSPS) is 18.7. The molecule has 1 heterocycles. The monoisotopic (exact) mass is 238 g/mol. The molecular formula is C11H11ClN2O2. The van der Waals surface area contributed by atoms with Crippen LogP contribution in [0.2, 0.25) is 0 Å². The first-order valence-corrected chi connectivity index (χ1v) is 4.73. The number of halogens is 1. The molecule has 2 rings (SSSR count). The van der Waals surface area contributed by atoms with Crippen molar-refractivity contribution in [3.8, 4) is 6.07 Å². The van der Waals surface area contributed by atoms with E-state index in [-0.39, 0.29) is 18.4 Å². The molecule has 1 atom stereocenters. The molecule has 0 radical (unpaired) electrons. The lowest BCUT2D eigenvalue weighted by molar-refractivity contribution is 0.115. The maximum Gasteiger partial charge on any atom is 0.407 e. The number of nitriles is 1. The van der Waals surface area contributed by atoms with Crippen LogP contribution in [-0.2, 0) is 4.74 Å². The number of alkyl carbamates (subject to hydrolysis) is 1. The van der Waals surface area contributed by atoms with Crippen LogP contribution in [-0.4, -0.2) is 12.7 Å². The van der Waals surface area contributed by atoms with E-state index in [4.69, 9.17) is 10.00 Å². The van der Waals surface area contributed by atoms with Gasteiger partial charge in [0.2, 0.25) is 0 Å². The number of hydrogen-bond donors (Lipinski definition) is 1. The lowest BCUT2D eigenvalue weighted by Crippen LogP contribution is -2.35. The molecule has 1 amide bonds. The molecule has 1 aliphatic rings. The Morgan fingerprint density at radius 1 is 1.50 bits per heavy atom. The molecule has 0 spiro atoms. The van der Waals surface area contributed by atoms with Gasteiger partial charge in [-0.05, 0) is 17.7 Å². The highest BCUT2D eigenvalue weighted by molar-refractivity contribution is 5.85. The summed E-state index contributed by atoms with van der Waals surface area (Å²) < 4.78 is 4.77. The van der Waals surface area contributed by atoms with Gasteiger partial charge in [-0.3, -0.25) is 0 Å². The molecule has 1 aromatic rings. The molecule has 84 valence electrons. The molecule has 1 aliphatic heterocycles. The van der Waals surface area contributed by atoms with E-state index in [0.717, 1.165) is 12.0 Å². The van der Waals surface area contributed by atoms with Gasteiger partial charge in [0, 0.05) is 6.42 Å². The minimum atomic E-state index is -0.395. The Labute approximate surface area is 99.6 Å². The molecule has 4 nitrogen and oxygen atoms in total. The quantitative estimate of drug-likeness (QED) is 0.816. The van der Waals surface area contributed by atoms with Crippen LogP contribution >= 0.6 is 12.4 Å². The van der Waals surface area contributed by atoms with Gasteiger partial charge in [0.25, 0.3) is 0 Å². The van der Waals surface area contributed by atoms with Crippen LogP contribution in [0.15, 0.2) is 24.3 Å². The zero-order valence-corrected chi connectivity index (χ0v) is 9.29. The van der Waals surface area contributed by atoms with E-state index in [0.29, 0.717) is 12.2 Å².